The second kappa shape index (κ2) is 9.06. The van der Waals surface area contributed by atoms with Crippen LogP contribution in [0, 0.1) is 11.7 Å². The van der Waals surface area contributed by atoms with Crippen LogP contribution < -0.4 is 10.5 Å². The van der Waals surface area contributed by atoms with Gasteiger partial charge in [-0.1, -0.05) is 26.0 Å². The second-order valence-corrected chi connectivity index (χ2v) is 7.65. The van der Waals surface area contributed by atoms with Crippen LogP contribution in [0.2, 0.25) is 0 Å². The quantitative estimate of drug-likeness (QED) is 0.775. The highest BCUT2D eigenvalue weighted by molar-refractivity contribution is 5.95. The molecule has 2 N–H and O–H groups in total. The van der Waals surface area contributed by atoms with E-state index in [0.29, 0.717) is 22.9 Å². The first-order valence-electron chi connectivity index (χ1n) is 9.71. The molecule has 1 aliphatic rings. The minimum absolute atomic E-state index is 0.000909. The number of carbonyl (C=O) groups is 1. The number of carbonyl (C=O) groups excluding carboxylic acids is 1. The largest absolute Gasteiger partial charge is 0.487 e. The summed E-state index contributed by atoms with van der Waals surface area (Å²) < 4.78 is 18.7. The van der Waals surface area contributed by atoms with Crippen LogP contribution in [0.15, 0.2) is 42.5 Å². The lowest BCUT2D eigenvalue weighted by molar-refractivity contribution is 0.0624. The Labute approximate surface area is 165 Å². The molecule has 1 fully saturated rings. The molecule has 0 radical (unpaired) electrons. The van der Waals surface area contributed by atoms with Gasteiger partial charge in [-0.05, 0) is 41.8 Å². The third-order valence-corrected chi connectivity index (χ3v) is 4.85. The summed E-state index contributed by atoms with van der Waals surface area (Å²) in [7, 11) is 0. The van der Waals surface area contributed by atoms with Gasteiger partial charge in [-0.3, -0.25) is 9.69 Å². The van der Waals surface area contributed by atoms with E-state index < -0.39 is 0 Å². The number of piperazine rings is 1. The van der Waals surface area contributed by atoms with E-state index in [1.807, 2.05) is 4.90 Å². The maximum absolute atomic E-state index is 13.0. The summed E-state index contributed by atoms with van der Waals surface area (Å²) in [6, 6.07) is 11.3. The number of hydrogen-bond acceptors (Lipinski definition) is 4. The van der Waals surface area contributed by atoms with Crippen LogP contribution in [0.25, 0.3) is 0 Å². The Morgan fingerprint density at radius 1 is 1.11 bits per heavy atom. The molecule has 3 rings (SSSR count). The van der Waals surface area contributed by atoms with Gasteiger partial charge in [0, 0.05) is 38.3 Å². The van der Waals surface area contributed by atoms with Gasteiger partial charge in [0.05, 0.1) is 5.69 Å². The number of amides is 1. The van der Waals surface area contributed by atoms with Crippen molar-refractivity contribution in [2.75, 3.05) is 38.5 Å². The SMILES string of the molecule is CC(C)CN1CCN(C(=O)c2ccc(OCc3ccc(F)cc3)c(N)c2)CC1. The summed E-state index contributed by atoms with van der Waals surface area (Å²) in [6.07, 6.45) is 0. The fourth-order valence-corrected chi connectivity index (χ4v) is 3.39. The Kier molecular flexibility index (Phi) is 6.52. The predicted octanol–water partition coefficient (Wildman–Crippen LogP) is 3.40. The molecule has 1 aliphatic heterocycles. The van der Waals surface area contributed by atoms with Crippen LogP contribution >= 0.6 is 0 Å². The fraction of sp³-hybridized carbons (Fsp3) is 0.409. The molecule has 0 aliphatic carbocycles. The maximum atomic E-state index is 13.0. The topological polar surface area (TPSA) is 58.8 Å². The van der Waals surface area contributed by atoms with Crippen molar-refractivity contribution in [1.29, 1.82) is 0 Å². The van der Waals surface area contributed by atoms with Crippen molar-refractivity contribution >= 4 is 11.6 Å². The molecule has 1 heterocycles. The highest BCUT2D eigenvalue weighted by atomic mass is 19.1. The van der Waals surface area contributed by atoms with Crippen molar-refractivity contribution in [2.45, 2.75) is 20.5 Å². The first-order chi connectivity index (χ1) is 13.4. The molecule has 150 valence electrons. The average Bonchev–Trinajstić information content (AvgIpc) is 2.68. The van der Waals surface area contributed by atoms with E-state index in [1.165, 1.54) is 12.1 Å². The van der Waals surface area contributed by atoms with E-state index in [4.69, 9.17) is 10.5 Å². The smallest absolute Gasteiger partial charge is 0.254 e. The number of hydrogen-bond donors (Lipinski definition) is 1. The van der Waals surface area contributed by atoms with E-state index in [1.54, 1.807) is 30.3 Å². The fourth-order valence-electron chi connectivity index (χ4n) is 3.39. The van der Waals surface area contributed by atoms with Crippen molar-refractivity contribution in [3.05, 3.63) is 59.4 Å². The minimum Gasteiger partial charge on any atom is -0.487 e. The molecular weight excluding hydrogens is 357 g/mol. The van der Waals surface area contributed by atoms with Crippen molar-refractivity contribution in [2.24, 2.45) is 5.92 Å². The Morgan fingerprint density at radius 3 is 2.39 bits per heavy atom. The molecule has 1 amide bonds. The van der Waals surface area contributed by atoms with Crippen LogP contribution in [0.3, 0.4) is 0 Å². The molecule has 28 heavy (non-hydrogen) atoms. The zero-order valence-corrected chi connectivity index (χ0v) is 16.5. The molecule has 1 saturated heterocycles. The summed E-state index contributed by atoms with van der Waals surface area (Å²) in [5, 5.41) is 0. The number of rotatable bonds is 6. The van der Waals surface area contributed by atoms with Gasteiger partial charge in [0.1, 0.15) is 18.2 Å². The number of nitrogen functional groups attached to an aromatic ring is 1. The van der Waals surface area contributed by atoms with Crippen LogP contribution in [-0.2, 0) is 6.61 Å². The Hall–Kier alpha value is -2.60. The van der Waals surface area contributed by atoms with Gasteiger partial charge in [0.25, 0.3) is 5.91 Å². The Morgan fingerprint density at radius 2 is 1.79 bits per heavy atom. The van der Waals surface area contributed by atoms with Gasteiger partial charge >= 0.3 is 0 Å². The Balaban J connectivity index is 1.57. The summed E-state index contributed by atoms with van der Waals surface area (Å²) in [5.74, 6) is 0.865. The predicted molar refractivity (Wildman–Crippen MR) is 109 cm³/mol. The number of nitrogens with zero attached hydrogens (tertiary/aromatic N) is 2. The highest BCUT2D eigenvalue weighted by Gasteiger charge is 2.23. The highest BCUT2D eigenvalue weighted by Crippen LogP contribution is 2.24. The molecule has 0 bridgehead atoms. The first kappa shape index (κ1) is 20.1. The van der Waals surface area contributed by atoms with Gasteiger partial charge in [0.15, 0.2) is 0 Å². The van der Waals surface area contributed by atoms with Crippen LogP contribution in [-0.4, -0.2) is 48.4 Å². The van der Waals surface area contributed by atoms with E-state index in [2.05, 4.69) is 18.7 Å². The summed E-state index contributed by atoms with van der Waals surface area (Å²) in [4.78, 5) is 17.1. The minimum atomic E-state index is -0.281. The van der Waals surface area contributed by atoms with Crippen molar-refractivity contribution in [3.8, 4) is 5.75 Å². The number of halogens is 1. The zero-order valence-electron chi connectivity index (χ0n) is 16.5. The molecule has 2 aromatic carbocycles. The number of benzene rings is 2. The average molecular weight is 385 g/mol. The zero-order chi connectivity index (χ0) is 20.1. The molecule has 0 saturated carbocycles. The first-order valence-corrected chi connectivity index (χ1v) is 9.71. The molecule has 0 atom stereocenters. The summed E-state index contributed by atoms with van der Waals surface area (Å²) >= 11 is 0. The van der Waals surface area contributed by atoms with Crippen molar-refractivity contribution in [3.63, 3.8) is 0 Å². The lowest BCUT2D eigenvalue weighted by Crippen LogP contribution is -2.49. The van der Waals surface area contributed by atoms with Gasteiger partial charge in [-0.25, -0.2) is 4.39 Å². The monoisotopic (exact) mass is 385 g/mol. The normalized spacial score (nSPS) is 15.1. The van der Waals surface area contributed by atoms with E-state index in [0.717, 1.165) is 38.3 Å². The number of nitrogens with two attached hydrogens (primary N) is 1. The van der Waals surface area contributed by atoms with Gasteiger partial charge in [-0.2, -0.15) is 0 Å². The van der Waals surface area contributed by atoms with Crippen LogP contribution in [0.5, 0.6) is 5.75 Å². The standard InChI is InChI=1S/C22H28FN3O2/c1-16(2)14-25-9-11-26(12-10-25)22(27)18-5-8-21(20(24)13-18)28-15-17-3-6-19(23)7-4-17/h3-8,13,16H,9-12,14-15,24H2,1-2H3. The summed E-state index contributed by atoms with van der Waals surface area (Å²) in [6.45, 7) is 9.03. The van der Waals surface area contributed by atoms with Crippen molar-refractivity contribution in [1.82, 2.24) is 9.80 Å². The molecule has 2 aromatic rings. The van der Waals surface area contributed by atoms with Crippen LogP contribution in [0.1, 0.15) is 29.8 Å². The summed E-state index contributed by atoms with van der Waals surface area (Å²) in [5.41, 5.74) is 7.93. The van der Waals surface area contributed by atoms with Gasteiger partial charge in [-0.15, -0.1) is 0 Å². The second-order valence-electron chi connectivity index (χ2n) is 7.65. The molecular formula is C22H28FN3O2. The van der Waals surface area contributed by atoms with E-state index in [-0.39, 0.29) is 18.3 Å². The maximum Gasteiger partial charge on any atom is 0.254 e. The molecule has 6 heteroatoms. The number of ether oxygens (including phenoxy) is 1. The van der Waals surface area contributed by atoms with E-state index in [9.17, 15) is 9.18 Å². The lowest BCUT2D eigenvalue weighted by atomic mass is 10.1. The number of anilines is 1. The molecule has 0 unspecified atom stereocenters. The molecule has 0 aromatic heterocycles. The van der Waals surface area contributed by atoms with Gasteiger partial charge < -0.3 is 15.4 Å². The van der Waals surface area contributed by atoms with Crippen molar-refractivity contribution < 1.29 is 13.9 Å². The van der Waals surface area contributed by atoms with Crippen LogP contribution in [0.4, 0.5) is 10.1 Å². The van der Waals surface area contributed by atoms with E-state index >= 15 is 0 Å². The van der Waals surface area contributed by atoms with Gasteiger partial charge in [0.2, 0.25) is 0 Å². The third-order valence-electron chi connectivity index (χ3n) is 4.85. The molecule has 5 nitrogen and oxygen atoms in total. The third kappa shape index (κ3) is 5.23. The molecule has 0 spiro atoms. The Bertz CT molecular complexity index is 800. The lowest BCUT2D eigenvalue weighted by Gasteiger charge is -2.35.